The zero-order valence-corrected chi connectivity index (χ0v) is 23.6. The van der Waals surface area contributed by atoms with E-state index >= 15 is 0 Å². The summed E-state index contributed by atoms with van der Waals surface area (Å²) >= 11 is 0. The number of carboxylic acid groups (broad SMARTS) is 1. The van der Waals surface area contributed by atoms with E-state index in [0.29, 0.717) is 6.42 Å². The Hall–Kier alpha value is -2.66. The molecule has 0 aromatic carbocycles. The number of amides is 3. The van der Waals surface area contributed by atoms with Crippen molar-refractivity contribution >= 4 is 23.9 Å². The Labute approximate surface area is 239 Å². The zero-order valence-electron chi connectivity index (χ0n) is 23.6. The lowest BCUT2D eigenvalue weighted by Crippen LogP contribution is -2.34. The molecule has 0 radical (unpaired) electrons. The molecule has 1 heterocycles. The van der Waals surface area contributed by atoms with E-state index in [1.54, 1.807) is 0 Å². The maximum absolute atomic E-state index is 11.2. The molecule has 1 rings (SSSR count). The van der Waals surface area contributed by atoms with Gasteiger partial charge in [0.25, 0.3) is 11.8 Å². The van der Waals surface area contributed by atoms with Crippen LogP contribution in [0.5, 0.6) is 0 Å². The van der Waals surface area contributed by atoms with Crippen molar-refractivity contribution in [2.75, 3.05) is 6.61 Å². The molecule has 0 atom stereocenters. The first kappa shape index (κ1) is 36.4. The van der Waals surface area contributed by atoms with E-state index in [1.165, 1.54) is 82.5 Å². The van der Waals surface area contributed by atoms with Crippen LogP contribution in [0.3, 0.4) is 0 Å². The van der Waals surface area contributed by atoms with Crippen molar-refractivity contribution in [1.82, 2.24) is 10.5 Å². The Morgan fingerprint density at radius 1 is 0.634 bits per heavy atom. The fourth-order valence-corrected chi connectivity index (χ4v) is 3.96. The number of imide groups is 1. The van der Waals surface area contributed by atoms with Crippen LogP contribution < -0.4 is 5.48 Å². The number of carbonyl (C=O) groups excluding carboxylic acids is 3. The summed E-state index contributed by atoms with van der Waals surface area (Å²) in [5.74, 6) is -2.35. The second-order valence-corrected chi connectivity index (χ2v) is 9.54. The lowest BCUT2D eigenvalue weighted by molar-refractivity contribution is -0.761. The highest BCUT2D eigenvalue weighted by Crippen LogP contribution is 2.14. The number of hydrogen-bond acceptors (Lipinski definition) is 12. The second-order valence-electron chi connectivity index (χ2n) is 9.54. The molecular weight excluding hydrogens is 548 g/mol. The third kappa shape index (κ3) is 22.7. The molecule has 3 amide bonds. The summed E-state index contributed by atoms with van der Waals surface area (Å²) in [6.45, 7) is 0.279. The van der Waals surface area contributed by atoms with Gasteiger partial charge in [-0.05, 0) is 38.0 Å². The monoisotopic (exact) mass is 592 g/mol. The summed E-state index contributed by atoms with van der Waals surface area (Å²) in [6.07, 6.45) is 22.0. The Morgan fingerprint density at radius 3 is 1.56 bits per heavy atom. The molecule has 0 aromatic heterocycles. The molecule has 0 spiro atoms. The Morgan fingerprint density at radius 2 is 1.07 bits per heavy atom. The van der Waals surface area contributed by atoms with E-state index in [2.05, 4.69) is 35.0 Å². The van der Waals surface area contributed by atoms with Crippen LogP contribution in [-0.2, 0) is 54.3 Å². The summed E-state index contributed by atoms with van der Waals surface area (Å²) in [6, 6.07) is 0. The SMILES string of the molecule is O=C(O)CCCCCCCCCCCCCCCCCCCCOOOOOONC(=O)OON1C(=O)C=CC1=O. The fraction of sp³-hybridized carbons (Fsp3) is 0.769. The van der Waals surface area contributed by atoms with Crippen molar-refractivity contribution in [1.29, 1.82) is 0 Å². The Balaban J connectivity index is 1.68. The quantitative estimate of drug-likeness (QED) is 0.0477. The molecule has 0 saturated heterocycles. The van der Waals surface area contributed by atoms with Gasteiger partial charge in [0.15, 0.2) is 0 Å². The van der Waals surface area contributed by atoms with Gasteiger partial charge in [0, 0.05) is 18.6 Å². The van der Waals surface area contributed by atoms with Gasteiger partial charge in [0.1, 0.15) is 0 Å². The summed E-state index contributed by atoms with van der Waals surface area (Å²) in [5.41, 5.74) is 1.51. The average molecular weight is 593 g/mol. The number of nitrogens with one attached hydrogen (secondary N) is 1. The van der Waals surface area contributed by atoms with E-state index in [1.807, 2.05) is 0 Å². The molecule has 0 saturated carbocycles. The Bertz CT molecular complexity index is 733. The molecule has 0 fully saturated rings. The number of hydroxylamine groups is 3. The first-order valence-corrected chi connectivity index (χ1v) is 14.4. The maximum Gasteiger partial charge on any atom is 0.467 e. The van der Waals surface area contributed by atoms with Crippen LogP contribution in [0.15, 0.2) is 12.2 Å². The van der Waals surface area contributed by atoms with Crippen LogP contribution in [0.25, 0.3) is 0 Å². The van der Waals surface area contributed by atoms with E-state index in [4.69, 9.17) is 9.99 Å². The van der Waals surface area contributed by atoms with Gasteiger partial charge < -0.3 is 5.11 Å². The van der Waals surface area contributed by atoms with Crippen molar-refractivity contribution in [3.63, 3.8) is 0 Å². The predicted octanol–water partition coefficient (Wildman–Crippen LogP) is 5.57. The minimum atomic E-state index is -1.38. The van der Waals surface area contributed by atoms with Gasteiger partial charge in [0.2, 0.25) is 0 Å². The minimum absolute atomic E-state index is 0.193. The largest absolute Gasteiger partial charge is 0.481 e. The van der Waals surface area contributed by atoms with Crippen molar-refractivity contribution in [3.05, 3.63) is 12.2 Å². The number of carboxylic acids is 1. The molecule has 41 heavy (non-hydrogen) atoms. The molecule has 15 heteroatoms. The molecule has 2 N–H and O–H groups in total. The van der Waals surface area contributed by atoms with Gasteiger partial charge in [-0.15, -0.1) is 5.06 Å². The molecule has 0 bridgehead atoms. The van der Waals surface area contributed by atoms with Crippen LogP contribution in [-0.4, -0.2) is 40.7 Å². The third-order valence-corrected chi connectivity index (χ3v) is 6.12. The highest BCUT2D eigenvalue weighted by molar-refractivity contribution is 6.11. The van der Waals surface area contributed by atoms with Crippen LogP contribution >= 0.6 is 0 Å². The standard InChI is InChI=1S/C26H44N2O13/c29-23-20-21-24(30)28(23)37-35-26(33)27-36-39-41-40-38-34-22-18-16-14-12-10-8-6-4-2-1-3-5-7-9-11-13-15-17-19-25(31)32/h20-21H,1-19,22H2,(H,27,33)(H,31,32). The normalized spacial score (nSPS) is 12.8. The van der Waals surface area contributed by atoms with Gasteiger partial charge in [-0.3, -0.25) is 14.4 Å². The smallest absolute Gasteiger partial charge is 0.467 e. The summed E-state index contributed by atoms with van der Waals surface area (Å²) in [7, 11) is 0. The van der Waals surface area contributed by atoms with E-state index in [9.17, 15) is 19.2 Å². The number of unbranched alkanes of at least 4 members (excludes halogenated alkanes) is 17. The van der Waals surface area contributed by atoms with Gasteiger partial charge in [-0.25, -0.2) is 14.6 Å². The van der Waals surface area contributed by atoms with Crippen LogP contribution in [0.2, 0.25) is 0 Å². The van der Waals surface area contributed by atoms with Crippen molar-refractivity contribution in [2.24, 2.45) is 0 Å². The Kier molecular flexibility index (Phi) is 23.3. The fourth-order valence-electron chi connectivity index (χ4n) is 3.96. The molecule has 236 valence electrons. The molecule has 0 aromatic rings. The lowest BCUT2D eigenvalue weighted by Gasteiger charge is -2.09. The highest BCUT2D eigenvalue weighted by atomic mass is 17.8. The summed E-state index contributed by atoms with van der Waals surface area (Å²) in [4.78, 5) is 60.9. The van der Waals surface area contributed by atoms with Crippen LogP contribution in [0.4, 0.5) is 4.79 Å². The zero-order chi connectivity index (χ0) is 29.8. The number of rotatable bonds is 29. The number of aliphatic carboxylic acids is 1. The van der Waals surface area contributed by atoms with Gasteiger partial charge in [-0.1, -0.05) is 108 Å². The molecule has 1 aliphatic heterocycles. The van der Waals surface area contributed by atoms with Crippen molar-refractivity contribution in [3.8, 4) is 0 Å². The van der Waals surface area contributed by atoms with Gasteiger partial charge in [-0.2, -0.15) is 5.48 Å². The van der Waals surface area contributed by atoms with Crippen molar-refractivity contribution in [2.45, 2.75) is 122 Å². The molecule has 15 nitrogen and oxygen atoms in total. The predicted molar refractivity (Wildman–Crippen MR) is 138 cm³/mol. The first-order valence-electron chi connectivity index (χ1n) is 14.4. The van der Waals surface area contributed by atoms with Crippen molar-refractivity contribution < 1.29 is 64.2 Å². The molecule has 1 aliphatic rings. The minimum Gasteiger partial charge on any atom is -0.481 e. The highest BCUT2D eigenvalue weighted by Gasteiger charge is 2.27. The molecular formula is C26H44N2O13. The van der Waals surface area contributed by atoms with E-state index < -0.39 is 23.9 Å². The van der Waals surface area contributed by atoms with Gasteiger partial charge in [0.05, 0.1) is 6.61 Å². The first-order chi connectivity index (χ1) is 20.0. The van der Waals surface area contributed by atoms with Gasteiger partial charge >= 0.3 is 12.1 Å². The van der Waals surface area contributed by atoms with Crippen LogP contribution in [0.1, 0.15) is 122 Å². The maximum atomic E-state index is 11.2. The lowest BCUT2D eigenvalue weighted by atomic mass is 10.0. The summed E-state index contributed by atoms with van der Waals surface area (Å²) < 4.78 is 0. The van der Waals surface area contributed by atoms with Crippen LogP contribution in [0, 0.1) is 0 Å². The summed E-state index contributed by atoms with van der Waals surface area (Å²) in [5, 5.41) is 24.9. The second kappa shape index (κ2) is 26.3. The number of carbonyl (C=O) groups is 4. The molecule has 0 unspecified atom stereocenters. The molecule has 0 aliphatic carbocycles. The van der Waals surface area contributed by atoms with E-state index in [-0.39, 0.29) is 11.7 Å². The van der Waals surface area contributed by atoms with E-state index in [0.717, 1.165) is 50.7 Å². The topological polar surface area (TPSA) is 178 Å². The number of nitrogens with zero attached hydrogens (tertiary/aromatic N) is 1. The average Bonchev–Trinajstić information content (AvgIpc) is 3.27. The third-order valence-electron chi connectivity index (χ3n) is 6.12. The number of hydrogen-bond donors (Lipinski definition) is 2.